The van der Waals surface area contributed by atoms with Gasteiger partial charge in [0.05, 0.1) is 34.8 Å². The fraction of sp³-hybridized carbons (Fsp3) is 0.567. The molecular formula is C60H85N7O9S2. The van der Waals surface area contributed by atoms with Crippen LogP contribution >= 0.6 is 0 Å². The first-order valence-electron chi connectivity index (χ1n) is 28.2. The Kier molecular flexibility index (Phi) is 23.4. The summed E-state index contributed by atoms with van der Waals surface area (Å²) in [5.74, 6) is 0.980. The number of nitrogens with zero attached hydrogens (tertiary/aromatic N) is 5. The van der Waals surface area contributed by atoms with E-state index in [0.717, 1.165) is 62.8 Å². The molecular weight excluding hydrogens is 1030 g/mol. The Bertz CT molecular complexity index is 2770. The smallest absolute Gasteiger partial charge is 0.322 e. The number of aromatic nitrogens is 3. The zero-order chi connectivity index (χ0) is 56.4. The third-order valence-electron chi connectivity index (χ3n) is 15.6. The standard InChI is InChI=1S/C60H85N7O9S2/c1-43-21-20-22-53(60(5,6)41-43)57-52(58(70)45(3)65(7)77(72)46(4)44(2)61)31-32-54(63-57)67-38-35-55(64-67)76-40-19-17-15-13-11-9-8-10-12-14-16-18-39-75-50-27-23-47(24-28-50)48-33-36-66(37-34-48)78(73,74)51-29-25-49(26-30-51)59(71)62-42-56(68)69/h23-32,35,38,43,45,48,53,61H,4,8-22,33-34,36-37,39-42H2,1-3,5-7H3,(H,62,71)(H,68,69)/t43-,45?,53?,77?/m1/s1. The van der Waals surface area contributed by atoms with E-state index in [0.29, 0.717) is 62.3 Å². The van der Waals surface area contributed by atoms with Crippen molar-refractivity contribution in [3.8, 4) is 17.4 Å². The highest BCUT2D eigenvalue weighted by Gasteiger charge is 2.39. The zero-order valence-electron chi connectivity index (χ0n) is 47.0. The van der Waals surface area contributed by atoms with E-state index in [9.17, 15) is 27.0 Å². The van der Waals surface area contributed by atoms with Crippen LogP contribution in [-0.4, -0.2) is 110 Å². The fourth-order valence-corrected chi connectivity index (χ4v) is 13.4. The van der Waals surface area contributed by atoms with Gasteiger partial charge in [0.15, 0.2) is 11.6 Å². The Labute approximate surface area is 466 Å². The normalized spacial score (nSPS) is 17.9. The van der Waals surface area contributed by atoms with Crippen molar-refractivity contribution in [1.82, 2.24) is 28.7 Å². The molecule has 1 amide bonds. The molecule has 78 heavy (non-hydrogen) atoms. The van der Waals surface area contributed by atoms with Crippen molar-refractivity contribution in [3.63, 3.8) is 0 Å². The van der Waals surface area contributed by atoms with Gasteiger partial charge in [0.1, 0.15) is 23.3 Å². The Morgan fingerprint density at radius 3 is 2.04 bits per heavy atom. The number of unbranched alkanes of at least 4 members (excludes halogenated alkanes) is 11. The number of Topliss-reactive ketones (excluding diaryl/α,β-unsaturated/α-hetero) is 1. The summed E-state index contributed by atoms with van der Waals surface area (Å²) in [5, 5.41) is 23.7. The molecule has 18 heteroatoms. The second-order valence-corrected chi connectivity index (χ2v) is 25.7. The number of rotatable bonds is 31. The number of sulfonamides is 1. The summed E-state index contributed by atoms with van der Waals surface area (Å²) in [7, 11) is -3.81. The average molecular weight is 1110 g/mol. The van der Waals surface area contributed by atoms with E-state index in [1.54, 1.807) is 25.6 Å². The molecule has 1 saturated heterocycles. The Balaban J connectivity index is 0.814. The molecule has 4 aromatic rings. The highest BCUT2D eigenvalue weighted by molar-refractivity contribution is 7.89. The minimum atomic E-state index is -3.73. The number of carbonyl (C=O) groups excluding carboxylic acids is 2. The number of carboxylic acids is 1. The predicted octanol–water partition coefficient (Wildman–Crippen LogP) is 11.8. The van der Waals surface area contributed by atoms with Crippen LogP contribution in [0.1, 0.15) is 194 Å². The van der Waals surface area contributed by atoms with Crippen LogP contribution in [-0.2, 0) is 25.8 Å². The molecule has 0 spiro atoms. The van der Waals surface area contributed by atoms with Gasteiger partial charge in [-0.05, 0) is 124 Å². The van der Waals surface area contributed by atoms with E-state index in [1.165, 1.54) is 89.8 Å². The highest BCUT2D eigenvalue weighted by atomic mass is 32.2. The van der Waals surface area contributed by atoms with Crippen molar-refractivity contribution < 1.29 is 41.6 Å². The molecule has 2 fully saturated rings. The number of aliphatic carboxylic acids is 1. The van der Waals surface area contributed by atoms with Gasteiger partial charge < -0.3 is 25.3 Å². The van der Waals surface area contributed by atoms with Crippen molar-refractivity contribution >= 4 is 44.4 Å². The van der Waals surface area contributed by atoms with Gasteiger partial charge in [-0.2, -0.15) is 4.31 Å². The molecule has 2 aromatic carbocycles. The van der Waals surface area contributed by atoms with Crippen LogP contribution in [0.4, 0.5) is 0 Å². The van der Waals surface area contributed by atoms with Crippen LogP contribution in [0, 0.1) is 16.7 Å². The molecule has 3 N–H and O–H groups in total. The maximum atomic E-state index is 14.2. The van der Waals surface area contributed by atoms with Gasteiger partial charge in [0.2, 0.25) is 15.9 Å². The topological polar surface area (TPSA) is 214 Å². The first-order valence-corrected chi connectivity index (χ1v) is 30.8. The second-order valence-electron chi connectivity index (χ2n) is 22.2. The summed E-state index contributed by atoms with van der Waals surface area (Å²) >= 11 is 0. The number of pyridine rings is 1. The molecule has 1 saturated carbocycles. The first kappa shape index (κ1) is 61.6. The molecule has 1 aliphatic heterocycles. The van der Waals surface area contributed by atoms with E-state index >= 15 is 0 Å². The molecule has 0 radical (unpaired) electrons. The molecule has 16 nitrogen and oxygen atoms in total. The van der Waals surface area contributed by atoms with Crippen molar-refractivity contribution in [3.05, 3.63) is 107 Å². The number of hydrogen-bond acceptors (Lipinski definition) is 11. The summed E-state index contributed by atoms with van der Waals surface area (Å²) in [4.78, 5) is 42.6. The van der Waals surface area contributed by atoms with Crippen LogP contribution in [0.5, 0.6) is 11.6 Å². The van der Waals surface area contributed by atoms with Crippen LogP contribution in [0.2, 0.25) is 0 Å². The van der Waals surface area contributed by atoms with Crippen LogP contribution in [0.25, 0.3) is 5.82 Å². The molecule has 0 bridgehead atoms. The third kappa shape index (κ3) is 17.5. The number of hydrogen-bond donors (Lipinski definition) is 3. The van der Waals surface area contributed by atoms with Crippen LogP contribution in [0.15, 0.2) is 89.3 Å². The van der Waals surface area contributed by atoms with E-state index in [1.807, 2.05) is 36.5 Å². The van der Waals surface area contributed by atoms with E-state index < -0.39 is 45.5 Å². The molecule has 2 aromatic heterocycles. The zero-order valence-corrected chi connectivity index (χ0v) is 48.6. The SMILES string of the molecule is C=C(C(C)=N)S(=O)N(C)C(C)C(=O)c1ccc(-n2ccc(OCCCCCCCCCCCCCCOc3ccc(C4CCN(S(=O)(=O)c5ccc(C(=O)NCC(=O)O)cc5)CC4)cc3)n2)nc1C1CCC[C@@H](C)CC1(C)C. The minimum absolute atomic E-state index is 0.0450. The molecule has 3 heterocycles. The number of carboxylic acid groups (broad SMARTS) is 1. The maximum absolute atomic E-state index is 14.2. The van der Waals surface area contributed by atoms with Crippen molar-refractivity contribution in [1.29, 1.82) is 5.41 Å². The Hall–Kier alpha value is -5.56. The van der Waals surface area contributed by atoms with Crippen LogP contribution < -0.4 is 14.8 Å². The third-order valence-corrected chi connectivity index (χ3v) is 19.1. The summed E-state index contributed by atoms with van der Waals surface area (Å²) < 4.78 is 56.6. The second kappa shape index (κ2) is 29.6. The number of ketones is 1. The summed E-state index contributed by atoms with van der Waals surface area (Å²) in [6, 6.07) is 18.6. The molecule has 6 rings (SSSR count). The van der Waals surface area contributed by atoms with E-state index in [2.05, 4.69) is 44.8 Å². The lowest BCUT2D eigenvalue weighted by Crippen LogP contribution is -2.39. The lowest BCUT2D eigenvalue weighted by molar-refractivity contribution is -0.135. The van der Waals surface area contributed by atoms with Gasteiger partial charge in [-0.1, -0.05) is 117 Å². The van der Waals surface area contributed by atoms with Crippen molar-refractivity contribution in [2.75, 3.05) is 39.9 Å². The fourth-order valence-electron chi connectivity index (χ4n) is 10.9. The molecule has 3 unspecified atom stereocenters. The number of carbonyl (C=O) groups is 3. The van der Waals surface area contributed by atoms with Gasteiger partial charge in [-0.15, -0.1) is 5.10 Å². The Morgan fingerprint density at radius 2 is 1.45 bits per heavy atom. The predicted molar refractivity (Wildman–Crippen MR) is 308 cm³/mol. The number of piperidine rings is 1. The van der Waals surface area contributed by atoms with E-state index in [4.69, 9.17) is 30.1 Å². The number of amides is 1. The summed E-state index contributed by atoms with van der Waals surface area (Å²) in [6.45, 7) is 15.5. The quantitative estimate of drug-likeness (QED) is 0.0186. The largest absolute Gasteiger partial charge is 0.494 e. The summed E-state index contributed by atoms with van der Waals surface area (Å²) in [5.41, 5.74) is 2.68. The van der Waals surface area contributed by atoms with Gasteiger partial charge in [0.25, 0.3) is 5.91 Å². The number of benzene rings is 2. The minimum Gasteiger partial charge on any atom is -0.494 e. The molecule has 426 valence electrons. The lowest BCUT2D eigenvalue weighted by atomic mass is 9.71. The van der Waals surface area contributed by atoms with E-state index in [-0.39, 0.29) is 44.1 Å². The van der Waals surface area contributed by atoms with Gasteiger partial charge >= 0.3 is 5.97 Å². The average Bonchev–Trinajstić information content (AvgIpc) is 3.89. The van der Waals surface area contributed by atoms with Crippen LogP contribution in [0.3, 0.4) is 0 Å². The monoisotopic (exact) mass is 1110 g/mol. The molecule has 4 atom stereocenters. The van der Waals surface area contributed by atoms with Crippen molar-refractivity contribution in [2.24, 2.45) is 11.3 Å². The molecule has 1 aliphatic carbocycles. The first-order chi connectivity index (χ1) is 37.3. The molecule has 2 aliphatic rings. The summed E-state index contributed by atoms with van der Waals surface area (Å²) in [6.07, 6.45) is 21.5. The number of ether oxygens (including phenoxy) is 2. The lowest BCUT2D eigenvalue weighted by Gasteiger charge is -2.35. The Morgan fingerprint density at radius 1 is 0.859 bits per heavy atom. The number of allylic oxidation sites excluding steroid dienone is 1. The van der Waals surface area contributed by atoms with Gasteiger partial charge in [0, 0.05) is 55.2 Å². The van der Waals surface area contributed by atoms with Gasteiger partial charge in [-0.3, -0.25) is 14.4 Å². The maximum Gasteiger partial charge on any atom is 0.322 e. The number of nitrogens with one attached hydrogen (secondary N) is 2. The highest BCUT2D eigenvalue weighted by Crippen LogP contribution is 2.48. The van der Waals surface area contributed by atoms with Crippen molar-refractivity contribution in [2.45, 2.75) is 173 Å². The van der Waals surface area contributed by atoms with Gasteiger partial charge in [-0.25, -0.2) is 26.6 Å². The number of likely N-dealkylation sites (N-methyl/N-ethyl adjacent to an activating group) is 1.